The van der Waals surface area contributed by atoms with Gasteiger partial charge in [-0.1, -0.05) is 50.1 Å². The summed E-state index contributed by atoms with van der Waals surface area (Å²) in [5.41, 5.74) is 7.16. The normalized spacial score (nSPS) is 20.0. The van der Waals surface area contributed by atoms with Crippen LogP contribution in [0.3, 0.4) is 0 Å². The summed E-state index contributed by atoms with van der Waals surface area (Å²) >= 11 is 0. The van der Waals surface area contributed by atoms with Crippen LogP contribution in [0.5, 0.6) is 0 Å². The van der Waals surface area contributed by atoms with E-state index in [0.29, 0.717) is 13.0 Å². The zero-order chi connectivity index (χ0) is 15.3. The van der Waals surface area contributed by atoms with Crippen molar-refractivity contribution in [3.63, 3.8) is 0 Å². The number of benzene rings is 1. The highest BCUT2D eigenvalue weighted by molar-refractivity contribution is 5.81. The number of aliphatic hydroxyl groups excluding tert-OH is 1. The van der Waals surface area contributed by atoms with Crippen molar-refractivity contribution in [1.29, 1.82) is 0 Å². The second kappa shape index (κ2) is 7.05. The molecule has 1 aliphatic carbocycles. The molecule has 1 aliphatic rings. The minimum atomic E-state index is -1.16. The van der Waals surface area contributed by atoms with Crippen molar-refractivity contribution in [3.05, 3.63) is 35.9 Å². The molecule has 0 spiro atoms. The average Bonchev–Trinajstić information content (AvgIpc) is 2.92. The lowest BCUT2D eigenvalue weighted by atomic mass is 9.89. The van der Waals surface area contributed by atoms with Crippen molar-refractivity contribution in [1.82, 2.24) is 5.32 Å². The van der Waals surface area contributed by atoms with E-state index in [2.05, 4.69) is 12.2 Å². The number of aliphatic hydroxyl groups is 1. The molecule has 1 amide bonds. The molecule has 2 rings (SSSR count). The second-order valence-corrected chi connectivity index (χ2v) is 6.53. The Morgan fingerprint density at radius 1 is 1.33 bits per heavy atom. The van der Waals surface area contributed by atoms with Gasteiger partial charge in [0.25, 0.3) is 0 Å². The summed E-state index contributed by atoms with van der Waals surface area (Å²) in [6.07, 6.45) is 4.06. The van der Waals surface area contributed by atoms with Crippen LogP contribution in [0.15, 0.2) is 30.3 Å². The third-order valence-corrected chi connectivity index (χ3v) is 4.49. The van der Waals surface area contributed by atoms with Gasteiger partial charge in [0.1, 0.15) is 6.10 Å². The lowest BCUT2D eigenvalue weighted by Crippen LogP contribution is -2.49. The van der Waals surface area contributed by atoms with E-state index in [9.17, 15) is 9.90 Å². The zero-order valence-corrected chi connectivity index (χ0v) is 12.7. The molecule has 21 heavy (non-hydrogen) atoms. The molecular weight excluding hydrogens is 264 g/mol. The van der Waals surface area contributed by atoms with Gasteiger partial charge in [0.05, 0.1) is 0 Å². The van der Waals surface area contributed by atoms with Gasteiger partial charge in [-0.3, -0.25) is 4.79 Å². The van der Waals surface area contributed by atoms with Gasteiger partial charge < -0.3 is 16.2 Å². The van der Waals surface area contributed by atoms with Gasteiger partial charge in [0, 0.05) is 12.6 Å². The van der Waals surface area contributed by atoms with Gasteiger partial charge >= 0.3 is 0 Å². The molecule has 4 nitrogen and oxygen atoms in total. The number of hydrogen-bond donors (Lipinski definition) is 3. The molecule has 0 bridgehead atoms. The van der Waals surface area contributed by atoms with E-state index in [-0.39, 0.29) is 11.3 Å². The fourth-order valence-electron chi connectivity index (χ4n) is 3.00. The van der Waals surface area contributed by atoms with Gasteiger partial charge in [-0.15, -0.1) is 0 Å². The highest BCUT2D eigenvalue weighted by atomic mass is 16.3. The highest BCUT2D eigenvalue weighted by Crippen LogP contribution is 2.36. The Kier molecular flexibility index (Phi) is 5.37. The van der Waals surface area contributed by atoms with E-state index in [4.69, 9.17) is 5.73 Å². The minimum Gasteiger partial charge on any atom is -0.382 e. The van der Waals surface area contributed by atoms with Crippen molar-refractivity contribution in [2.45, 2.75) is 51.2 Å². The highest BCUT2D eigenvalue weighted by Gasteiger charge is 2.30. The summed E-state index contributed by atoms with van der Waals surface area (Å²) in [6.45, 7) is 2.82. The monoisotopic (exact) mass is 290 g/mol. The Bertz CT molecular complexity index is 455. The maximum Gasteiger partial charge on any atom is 0.250 e. The Hall–Kier alpha value is -1.39. The van der Waals surface area contributed by atoms with E-state index in [1.165, 1.54) is 12.8 Å². The SMILES string of the molecule is CC1(CNC(=O)C(O)C(N)Cc2ccccc2)CCCC1. The molecule has 0 heterocycles. The third-order valence-electron chi connectivity index (χ3n) is 4.49. The number of carbonyl (C=O) groups is 1. The number of nitrogens with two attached hydrogens (primary N) is 1. The molecule has 1 aromatic carbocycles. The Morgan fingerprint density at radius 2 is 1.95 bits per heavy atom. The molecule has 116 valence electrons. The van der Waals surface area contributed by atoms with E-state index in [0.717, 1.165) is 18.4 Å². The smallest absolute Gasteiger partial charge is 0.250 e. The average molecular weight is 290 g/mol. The van der Waals surface area contributed by atoms with Gasteiger partial charge in [-0.2, -0.15) is 0 Å². The van der Waals surface area contributed by atoms with E-state index in [1.807, 2.05) is 30.3 Å². The Labute approximate surface area is 126 Å². The third kappa shape index (κ3) is 4.55. The number of amides is 1. The van der Waals surface area contributed by atoms with Crippen LogP contribution in [0.4, 0.5) is 0 Å². The zero-order valence-electron chi connectivity index (χ0n) is 12.7. The lowest BCUT2D eigenvalue weighted by Gasteiger charge is -2.25. The largest absolute Gasteiger partial charge is 0.382 e. The predicted molar refractivity (Wildman–Crippen MR) is 83.7 cm³/mol. The number of carbonyl (C=O) groups excluding carboxylic acids is 1. The maximum absolute atomic E-state index is 12.0. The summed E-state index contributed by atoms with van der Waals surface area (Å²) in [7, 11) is 0. The molecule has 4 heteroatoms. The molecule has 2 unspecified atom stereocenters. The number of rotatable bonds is 6. The molecule has 0 aromatic heterocycles. The van der Waals surface area contributed by atoms with Gasteiger partial charge in [-0.05, 0) is 30.2 Å². The molecule has 0 aliphatic heterocycles. The predicted octanol–water partition coefficient (Wildman–Crippen LogP) is 1.61. The first-order valence-corrected chi connectivity index (χ1v) is 7.75. The first-order chi connectivity index (χ1) is 10.0. The minimum absolute atomic E-state index is 0.179. The standard InChI is InChI=1S/C17H26N2O2/c1-17(9-5-6-10-17)12-19-16(21)15(20)14(18)11-13-7-3-2-4-8-13/h2-4,7-8,14-15,20H,5-6,9-12,18H2,1H3,(H,19,21). The van der Waals surface area contributed by atoms with Gasteiger partial charge in [0.15, 0.2) is 0 Å². The molecule has 4 N–H and O–H groups in total. The summed E-state index contributed by atoms with van der Waals surface area (Å²) < 4.78 is 0. The first-order valence-electron chi connectivity index (χ1n) is 7.75. The van der Waals surface area contributed by atoms with Crippen molar-refractivity contribution >= 4 is 5.91 Å². The topological polar surface area (TPSA) is 75.3 Å². The molecule has 0 radical (unpaired) electrons. The van der Waals surface area contributed by atoms with Crippen molar-refractivity contribution in [2.75, 3.05) is 6.54 Å². The fourth-order valence-corrected chi connectivity index (χ4v) is 3.00. The van der Waals surface area contributed by atoms with E-state index >= 15 is 0 Å². The van der Waals surface area contributed by atoms with Crippen LogP contribution in [0.2, 0.25) is 0 Å². The van der Waals surface area contributed by atoms with Crippen LogP contribution in [-0.2, 0) is 11.2 Å². The molecule has 1 saturated carbocycles. The summed E-state index contributed by atoms with van der Waals surface area (Å²) in [6, 6.07) is 9.10. The summed E-state index contributed by atoms with van der Waals surface area (Å²) in [4.78, 5) is 12.0. The van der Waals surface area contributed by atoms with Crippen molar-refractivity contribution < 1.29 is 9.90 Å². The Balaban J connectivity index is 1.81. The second-order valence-electron chi connectivity index (χ2n) is 6.53. The quantitative estimate of drug-likeness (QED) is 0.745. The first kappa shape index (κ1) is 16.0. The van der Waals surface area contributed by atoms with Crippen LogP contribution in [0, 0.1) is 5.41 Å². The molecule has 0 saturated heterocycles. The van der Waals surface area contributed by atoms with Crippen LogP contribution in [0.1, 0.15) is 38.2 Å². The lowest BCUT2D eigenvalue weighted by molar-refractivity contribution is -0.130. The number of nitrogens with one attached hydrogen (secondary N) is 1. The Morgan fingerprint density at radius 3 is 2.57 bits per heavy atom. The molecule has 2 atom stereocenters. The van der Waals surface area contributed by atoms with Crippen LogP contribution < -0.4 is 11.1 Å². The van der Waals surface area contributed by atoms with E-state index < -0.39 is 12.1 Å². The fraction of sp³-hybridized carbons (Fsp3) is 0.588. The van der Waals surface area contributed by atoms with Crippen LogP contribution in [-0.4, -0.2) is 29.7 Å². The van der Waals surface area contributed by atoms with Gasteiger partial charge in [0.2, 0.25) is 5.91 Å². The summed E-state index contributed by atoms with van der Waals surface area (Å²) in [5, 5.41) is 12.9. The summed E-state index contributed by atoms with van der Waals surface area (Å²) in [5.74, 6) is -0.355. The van der Waals surface area contributed by atoms with Gasteiger partial charge in [-0.25, -0.2) is 0 Å². The van der Waals surface area contributed by atoms with E-state index in [1.54, 1.807) is 0 Å². The van der Waals surface area contributed by atoms with Crippen LogP contribution in [0.25, 0.3) is 0 Å². The van der Waals surface area contributed by atoms with Crippen molar-refractivity contribution in [2.24, 2.45) is 11.1 Å². The maximum atomic E-state index is 12.0. The van der Waals surface area contributed by atoms with Crippen molar-refractivity contribution in [3.8, 4) is 0 Å². The molecule has 1 aromatic rings. The number of hydrogen-bond acceptors (Lipinski definition) is 3. The molecular formula is C17H26N2O2. The van der Waals surface area contributed by atoms with Crippen LogP contribution >= 0.6 is 0 Å². The molecule has 1 fully saturated rings.